The van der Waals surface area contributed by atoms with E-state index < -0.39 is 0 Å². The monoisotopic (exact) mass is 277 g/mol. The molecule has 4 N–H and O–H groups in total. The van der Waals surface area contributed by atoms with Gasteiger partial charge in [0.1, 0.15) is 4.99 Å². The van der Waals surface area contributed by atoms with Crippen LogP contribution < -0.4 is 16.4 Å². The summed E-state index contributed by atoms with van der Waals surface area (Å²) in [5, 5.41) is 5.59. The lowest BCUT2D eigenvalue weighted by molar-refractivity contribution is -0.119. The maximum Gasteiger partial charge on any atom is 0.251 e. The zero-order valence-electron chi connectivity index (χ0n) is 10.3. The van der Waals surface area contributed by atoms with E-state index in [1.165, 1.54) is 0 Å². The molecule has 19 heavy (non-hydrogen) atoms. The van der Waals surface area contributed by atoms with E-state index in [1.54, 1.807) is 24.3 Å². The number of nitrogens with two attached hydrogens (primary N) is 1. The fourth-order valence-electron chi connectivity index (χ4n) is 1.93. The lowest BCUT2D eigenvalue weighted by atomic mass is 10.1. The third-order valence-electron chi connectivity index (χ3n) is 3.03. The van der Waals surface area contributed by atoms with E-state index >= 15 is 0 Å². The number of nitrogens with one attached hydrogen (secondary N) is 2. The van der Waals surface area contributed by atoms with Gasteiger partial charge in [-0.25, -0.2) is 0 Å². The smallest absolute Gasteiger partial charge is 0.251 e. The van der Waals surface area contributed by atoms with Crippen LogP contribution in [0.25, 0.3) is 0 Å². The molecule has 0 aliphatic carbocycles. The third-order valence-corrected chi connectivity index (χ3v) is 3.26. The SMILES string of the molecule is NC(=S)c1ccc(C(=O)NCC2CCC(=O)N2)cc1. The quantitative estimate of drug-likeness (QED) is 0.692. The first-order valence-corrected chi connectivity index (χ1v) is 6.44. The van der Waals surface area contributed by atoms with Gasteiger partial charge in [-0.1, -0.05) is 24.4 Å². The van der Waals surface area contributed by atoms with Gasteiger partial charge in [0, 0.05) is 30.1 Å². The van der Waals surface area contributed by atoms with Crippen molar-refractivity contribution in [1.29, 1.82) is 0 Å². The first kappa shape index (κ1) is 13.5. The van der Waals surface area contributed by atoms with Crippen LogP contribution in [0.5, 0.6) is 0 Å². The van der Waals surface area contributed by atoms with Gasteiger partial charge in [-0.05, 0) is 18.6 Å². The van der Waals surface area contributed by atoms with Gasteiger partial charge in [0.25, 0.3) is 5.91 Å². The second kappa shape index (κ2) is 5.79. The summed E-state index contributed by atoms with van der Waals surface area (Å²) >= 11 is 4.84. The Morgan fingerprint density at radius 2 is 2.00 bits per heavy atom. The van der Waals surface area contributed by atoms with Gasteiger partial charge in [0.05, 0.1) is 0 Å². The van der Waals surface area contributed by atoms with Crippen LogP contribution in [0.3, 0.4) is 0 Å². The highest BCUT2D eigenvalue weighted by Crippen LogP contribution is 2.07. The molecular weight excluding hydrogens is 262 g/mol. The van der Waals surface area contributed by atoms with E-state index in [4.69, 9.17) is 18.0 Å². The van der Waals surface area contributed by atoms with Gasteiger partial charge in [-0.15, -0.1) is 0 Å². The van der Waals surface area contributed by atoms with E-state index in [9.17, 15) is 9.59 Å². The average molecular weight is 277 g/mol. The minimum Gasteiger partial charge on any atom is -0.389 e. The number of carbonyl (C=O) groups is 2. The Hall–Kier alpha value is -1.95. The molecular formula is C13H15N3O2S. The van der Waals surface area contributed by atoms with Crippen molar-refractivity contribution >= 4 is 29.0 Å². The molecule has 1 aromatic rings. The van der Waals surface area contributed by atoms with Crippen molar-refractivity contribution in [2.24, 2.45) is 5.73 Å². The first-order chi connectivity index (χ1) is 9.06. The number of thiocarbonyl (C=S) groups is 1. The highest BCUT2D eigenvalue weighted by molar-refractivity contribution is 7.80. The minimum atomic E-state index is -0.171. The predicted molar refractivity (Wildman–Crippen MR) is 75.8 cm³/mol. The van der Waals surface area contributed by atoms with Gasteiger partial charge < -0.3 is 16.4 Å². The van der Waals surface area contributed by atoms with Crippen molar-refractivity contribution in [3.8, 4) is 0 Å². The molecule has 1 aromatic carbocycles. The first-order valence-electron chi connectivity index (χ1n) is 6.03. The van der Waals surface area contributed by atoms with E-state index in [2.05, 4.69) is 10.6 Å². The van der Waals surface area contributed by atoms with Crippen molar-refractivity contribution in [2.45, 2.75) is 18.9 Å². The number of rotatable bonds is 4. The van der Waals surface area contributed by atoms with Crippen LogP contribution in [0.4, 0.5) is 0 Å². The Morgan fingerprint density at radius 3 is 2.53 bits per heavy atom. The van der Waals surface area contributed by atoms with Crippen molar-refractivity contribution in [3.05, 3.63) is 35.4 Å². The molecule has 1 unspecified atom stereocenters. The molecule has 0 aromatic heterocycles. The summed E-state index contributed by atoms with van der Waals surface area (Å²) in [6.45, 7) is 0.446. The molecule has 1 fully saturated rings. The topological polar surface area (TPSA) is 84.2 Å². The van der Waals surface area contributed by atoms with Crippen molar-refractivity contribution in [3.63, 3.8) is 0 Å². The average Bonchev–Trinajstić information content (AvgIpc) is 2.82. The van der Waals surface area contributed by atoms with Crippen LogP contribution in [-0.4, -0.2) is 29.4 Å². The van der Waals surface area contributed by atoms with Crippen LogP contribution in [0, 0.1) is 0 Å². The van der Waals surface area contributed by atoms with Gasteiger partial charge in [-0.3, -0.25) is 9.59 Å². The van der Waals surface area contributed by atoms with Gasteiger partial charge in [-0.2, -0.15) is 0 Å². The zero-order valence-corrected chi connectivity index (χ0v) is 11.1. The summed E-state index contributed by atoms with van der Waals surface area (Å²) in [5.41, 5.74) is 6.76. The number of hydrogen-bond acceptors (Lipinski definition) is 3. The highest BCUT2D eigenvalue weighted by atomic mass is 32.1. The molecule has 5 nitrogen and oxygen atoms in total. The Kier molecular flexibility index (Phi) is 4.11. The van der Waals surface area contributed by atoms with Crippen molar-refractivity contribution in [1.82, 2.24) is 10.6 Å². The second-order valence-electron chi connectivity index (χ2n) is 4.45. The fraction of sp³-hybridized carbons (Fsp3) is 0.308. The van der Waals surface area contributed by atoms with Crippen LogP contribution >= 0.6 is 12.2 Å². The summed E-state index contributed by atoms with van der Waals surface area (Å²) in [4.78, 5) is 23.2. The summed E-state index contributed by atoms with van der Waals surface area (Å²) in [7, 11) is 0. The van der Waals surface area contributed by atoms with Crippen LogP contribution in [0.1, 0.15) is 28.8 Å². The number of amides is 2. The number of hydrogen-bond donors (Lipinski definition) is 3. The molecule has 0 radical (unpaired) electrons. The molecule has 0 saturated carbocycles. The van der Waals surface area contributed by atoms with Crippen molar-refractivity contribution < 1.29 is 9.59 Å². The Labute approximate surface area is 116 Å². The van der Waals surface area contributed by atoms with Gasteiger partial charge in [0.2, 0.25) is 5.91 Å². The zero-order chi connectivity index (χ0) is 13.8. The van der Waals surface area contributed by atoms with E-state index in [1.807, 2.05) is 0 Å². The highest BCUT2D eigenvalue weighted by Gasteiger charge is 2.21. The Morgan fingerprint density at radius 1 is 1.37 bits per heavy atom. The molecule has 1 heterocycles. The summed E-state index contributed by atoms with van der Waals surface area (Å²) in [6, 6.07) is 6.82. The Bertz CT molecular complexity index is 513. The normalized spacial score (nSPS) is 17.9. The summed E-state index contributed by atoms with van der Waals surface area (Å²) < 4.78 is 0. The van der Waals surface area contributed by atoms with E-state index in [-0.39, 0.29) is 17.9 Å². The van der Waals surface area contributed by atoms with Crippen molar-refractivity contribution in [2.75, 3.05) is 6.54 Å². The molecule has 1 saturated heterocycles. The maximum atomic E-state index is 11.9. The molecule has 2 amide bonds. The van der Waals surface area contributed by atoms with Crippen LogP contribution in [0.2, 0.25) is 0 Å². The standard InChI is InChI=1S/C13H15N3O2S/c14-12(19)8-1-3-9(4-2-8)13(18)15-7-10-5-6-11(17)16-10/h1-4,10H,5-7H2,(H2,14,19)(H,15,18)(H,16,17). The maximum absolute atomic E-state index is 11.9. The molecule has 2 rings (SSSR count). The van der Waals surface area contributed by atoms with E-state index in [0.717, 1.165) is 12.0 Å². The van der Waals surface area contributed by atoms with Gasteiger partial charge in [0.15, 0.2) is 0 Å². The fourth-order valence-corrected chi connectivity index (χ4v) is 2.07. The Balaban J connectivity index is 1.89. The molecule has 6 heteroatoms. The predicted octanol–water partition coefficient (Wildman–Crippen LogP) is 0.329. The largest absolute Gasteiger partial charge is 0.389 e. The number of benzene rings is 1. The molecule has 1 aliphatic heterocycles. The minimum absolute atomic E-state index is 0.0346. The lowest BCUT2D eigenvalue weighted by Gasteiger charge is -2.11. The summed E-state index contributed by atoms with van der Waals surface area (Å²) in [5.74, 6) is -0.129. The molecule has 0 spiro atoms. The van der Waals surface area contributed by atoms with Crippen LogP contribution in [-0.2, 0) is 4.79 Å². The van der Waals surface area contributed by atoms with E-state index in [0.29, 0.717) is 23.5 Å². The summed E-state index contributed by atoms with van der Waals surface area (Å²) in [6.07, 6.45) is 1.29. The molecule has 0 bridgehead atoms. The van der Waals surface area contributed by atoms with Crippen LogP contribution in [0.15, 0.2) is 24.3 Å². The second-order valence-corrected chi connectivity index (χ2v) is 4.89. The lowest BCUT2D eigenvalue weighted by Crippen LogP contribution is -2.38. The molecule has 1 atom stereocenters. The number of carbonyl (C=O) groups excluding carboxylic acids is 2. The van der Waals surface area contributed by atoms with Gasteiger partial charge >= 0.3 is 0 Å². The molecule has 1 aliphatic rings. The molecule has 100 valence electrons. The third kappa shape index (κ3) is 3.51.